The van der Waals surface area contributed by atoms with Gasteiger partial charge in [-0.3, -0.25) is 4.90 Å². The molecule has 3 aliphatic rings. The van der Waals surface area contributed by atoms with Gasteiger partial charge in [-0.1, -0.05) is 13.0 Å². The number of nitrogens with zero attached hydrogens (tertiary/aromatic N) is 2. The van der Waals surface area contributed by atoms with Crippen LogP contribution in [0.1, 0.15) is 53.5 Å². The van der Waals surface area contributed by atoms with Crippen molar-refractivity contribution in [3.05, 3.63) is 45.3 Å². The van der Waals surface area contributed by atoms with Gasteiger partial charge in [-0.2, -0.15) is 0 Å². The van der Waals surface area contributed by atoms with Gasteiger partial charge in [-0.05, 0) is 55.4 Å². The number of ether oxygens (including phenoxy) is 1. The predicted octanol–water partition coefficient (Wildman–Crippen LogP) is 3.71. The number of hydrogen-bond acceptors (Lipinski definition) is 6. The van der Waals surface area contributed by atoms with Gasteiger partial charge in [0.15, 0.2) is 0 Å². The smallest absolute Gasteiger partial charge is 0.126 e. The number of fused-ring (bicyclic) bond motifs is 2. The molecule has 0 radical (unpaired) electrons. The van der Waals surface area contributed by atoms with Crippen LogP contribution in [0.25, 0.3) is 0 Å². The second-order valence-corrected chi connectivity index (χ2v) is 10.1. The van der Waals surface area contributed by atoms with Crippen LogP contribution < -0.4 is 5.32 Å². The van der Waals surface area contributed by atoms with Crippen molar-refractivity contribution in [1.82, 2.24) is 9.88 Å². The Bertz CT molecular complexity index is 852. The van der Waals surface area contributed by atoms with E-state index in [0.29, 0.717) is 0 Å². The van der Waals surface area contributed by atoms with Gasteiger partial charge in [0.1, 0.15) is 5.82 Å². The summed E-state index contributed by atoms with van der Waals surface area (Å²) in [5.74, 6) is 0.866. The third kappa shape index (κ3) is 3.83. The van der Waals surface area contributed by atoms with Crippen molar-refractivity contribution in [3.8, 4) is 0 Å². The van der Waals surface area contributed by atoms with Gasteiger partial charge in [-0.25, -0.2) is 4.98 Å². The van der Waals surface area contributed by atoms with E-state index >= 15 is 0 Å². The number of anilines is 1. The van der Waals surface area contributed by atoms with Crippen LogP contribution in [0.5, 0.6) is 0 Å². The summed E-state index contributed by atoms with van der Waals surface area (Å²) in [6.07, 6.45) is 8.37. The van der Waals surface area contributed by atoms with E-state index in [4.69, 9.17) is 4.74 Å². The number of nitrogens with one attached hydrogen (secondary N) is 1. The van der Waals surface area contributed by atoms with Crippen LogP contribution in [-0.4, -0.2) is 46.8 Å². The molecule has 2 aromatic rings. The standard InChI is InChI=1S/C23H31N3O2S/c1-2-18-13-19-20(29-18)5-12-28-23(19)8-10-26(11-9-23)15-17-3-4-21(24-14-17)25-22(16-27)6-7-22/h3-4,13-14,27H,2,5-12,15-16H2,1H3,(H,24,25). The first-order valence-electron chi connectivity index (χ1n) is 11.0. The molecule has 2 aromatic heterocycles. The summed E-state index contributed by atoms with van der Waals surface area (Å²) in [5.41, 5.74) is 2.56. The number of pyridine rings is 1. The van der Waals surface area contributed by atoms with E-state index in [1.165, 1.54) is 16.0 Å². The van der Waals surface area contributed by atoms with Gasteiger partial charge in [0.25, 0.3) is 0 Å². The molecule has 2 fully saturated rings. The number of aromatic nitrogens is 1. The maximum atomic E-state index is 9.46. The first kappa shape index (κ1) is 19.5. The fourth-order valence-corrected chi connectivity index (χ4v) is 5.91. The maximum absolute atomic E-state index is 9.46. The topological polar surface area (TPSA) is 57.6 Å². The highest BCUT2D eigenvalue weighted by Gasteiger charge is 2.43. The fraction of sp³-hybridized carbons (Fsp3) is 0.609. The third-order valence-corrected chi connectivity index (χ3v) is 8.19. The summed E-state index contributed by atoms with van der Waals surface area (Å²) < 4.78 is 6.41. The van der Waals surface area contributed by atoms with E-state index in [1.54, 1.807) is 4.88 Å². The maximum Gasteiger partial charge on any atom is 0.126 e. The lowest BCUT2D eigenvalue weighted by Gasteiger charge is -2.44. The van der Waals surface area contributed by atoms with Crippen LogP contribution in [0.4, 0.5) is 5.82 Å². The van der Waals surface area contributed by atoms with Crippen LogP contribution in [0.2, 0.25) is 0 Å². The zero-order valence-corrected chi connectivity index (χ0v) is 18.1. The highest BCUT2D eigenvalue weighted by molar-refractivity contribution is 7.12. The van der Waals surface area contributed by atoms with Gasteiger partial charge in [-0.15, -0.1) is 11.3 Å². The molecule has 1 aliphatic carbocycles. The normalized spacial score (nSPS) is 22.4. The van der Waals surface area contributed by atoms with Crippen LogP contribution in [-0.2, 0) is 29.7 Å². The molecule has 2 N–H and O–H groups in total. The van der Waals surface area contributed by atoms with Gasteiger partial charge < -0.3 is 15.2 Å². The van der Waals surface area contributed by atoms with Crippen molar-refractivity contribution in [2.45, 2.75) is 63.1 Å². The molecule has 6 heteroatoms. The molecular weight excluding hydrogens is 382 g/mol. The van der Waals surface area contributed by atoms with Gasteiger partial charge in [0, 0.05) is 42.0 Å². The predicted molar refractivity (Wildman–Crippen MR) is 116 cm³/mol. The Morgan fingerprint density at radius 3 is 2.72 bits per heavy atom. The molecule has 0 unspecified atom stereocenters. The first-order valence-corrected chi connectivity index (χ1v) is 11.8. The van der Waals surface area contributed by atoms with Crippen molar-refractivity contribution >= 4 is 17.2 Å². The van der Waals surface area contributed by atoms with E-state index in [2.05, 4.69) is 34.3 Å². The molecule has 1 saturated heterocycles. The highest BCUT2D eigenvalue weighted by atomic mass is 32.1. The molecule has 1 spiro atoms. The summed E-state index contributed by atoms with van der Waals surface area (Å²) in [4.78, 5) is 10.2. The fourth-order valence-electron chi connectivity index (χ4n) is 4.73. The molecule has 29 heavy (non-hydrogen) atoms. The van der Waals surface area contributed by atoms with E-state index in [9.17, 15) is 5.11 Å². The Morgan fingerprint density at radius 1 is 1.24 bits per heavy atom. The summed E-state index contributed by atoms with van der Waals surface area (Å²) in [6, 6.07) is 6.63. The largest absolute Gasteiger partial charge is 0.394 e. The van der Waals surface area contributed by atoms with Crippen molar-refractivity contribution in [2.75, 3.05) is 31.6 Å². The Balaban J connectivity index is 1.20. The zero-order valence-electron chi connectivity index (χ0n) is 17.2. The summed E-state index contributed by atoms with van der Waals surface area (Å²) in [5, 5.41) is 12.8. The molecule has 4 heterocycles. The monoisotopic (exact) mass is 413 g/mol. The molecule has 0 bridgehead atoms. The number of thiophene rings is 1. The lowest BCUT2D eigenvalue weighted by Crippen LogP contribution is -2.45. The van der Waals surface area contributed by atoms with E-state index < -0.39 is 0 Å². The van der Waals surface area contributed by atoms with E-state index in [1.807, 2.05) is 23.6 Å². The Hall–Kier alpha value is -1.47. The van der Waals surface area contributed by atoms with E-state index in [-0.39, 0.29) is 17.7 Å². The lowest BCUT2D eigenvalue weighted by atomic mass is 9.82. The molecular formula is C23H31N3O2S. The molecule has 5 nitrogen and oxygen atoms in total. The van der Waals surface area contributed by atoms with Gasteiger partial charge in [0.2, 0.25) is 0 Å². The van der Waals surface area contributed by atoms with Crippen LogP contribution in [0, 0.1) is 0 Å². The lowest BCUT2D eigenvalue weighted by molar-refractivity contribution is -0.0981. The molecule has 0 aromatic carbocycles. The number of rotatable bonds is 6. The Labute approximate surface area is 177 Å². The number of aliphatic hydroxyl groups is 1. The molecule has 5 rings (SSSR count). The van der Waals surface area contributed by atoms with Gasteiger partial charge in [0.05, 0.1) is 24.4 Å². The van der Waals surface area contributed by atoms with Crippen LogP contribution >= 0.6 is 11.3 Å². The Morgan fingerprint density at radius 2 is 2.07 bits per heavy atom. The van der Waals surface area contributed by atoms with Crippen molar-refractivity contribution in [3.63, 3.8) is 0 Å². The van der Waals surface area contributed by atoms with Crippen LogP contribution in [0.3, 0.4) is 0 Å². The average Bonchev–Trinajstić information content (AvgIpc) is 3.39. The minimum atomic E-state index is -0.117. The number of aliphatic hydroxyl groups excluding tert-OH is 1. The quantitative estimate of drug-likeness (QED) is 0.756. The van der Waals surface area contributed by atoms with Gasteiger partial charge >= 0.3 is 0 Å². The minimum Gasteiger partial charge on any atom is -0.394 e. The van der Waals surface area contributed by atoms with Crippen molar-refractivity contribution in [1.29, 1.82) is 0 Å². The molecule has 156 valence electrons. The minimum absolute atomic E-state index is 0.0527. The number of aryl methyl sites for hydroxylation is 1. The summed E-state index contributed by atoms with van der Waals surface area (Å²) in [6.45, 7) is 6.35. The number of hydrogen-bond donors (Lipinski definition) is 2. The van der Waals surface area contributed by atoms with E-state index in [0.717, 1.165) is 70.6 Å². The molecule has 0 amide bonds. The van der Waals surface area contributed by atoms with Crippen LogP contribution in [0.15, 0.2) is 24.4 Å². The second-order valence-electron chi connectivity index (χ2n) is 8.89. The first-order chi connectivity index (χ1) is 14.1. The second kappa shape index (κ2) is 7.65. The summed E-state index contributed by atoms with van der Waals surface area (Å²) >= 11 is 1.99. The molecule has 0 atom stereocenters. The SMILES string of the molecule is CCc1cc2c(s1)CCOC21CCN(Cc2ccc(NC3(CO)CC3)nc2)CC1. The highest BCUT2D eigenvalue weighted by Crippen LogP contribution is 2.45. The van der Waals surface area contributed by atoms with Crippen molar-refractivity contribution < 1.29 is 9.84 Å². The number of likely N-dealkylation sites (tertiary alicyclic amines) is 1. The van der Waals surface area contributed by atoms with Crippen molar-refractivity contribution in [2.24, 2.45) is 0 Å². The zero-order chi connectivity index (χ0) is 19.9. The third-order valence-electron chi connectivity index (χ3n) is 6.85. The number of piperidine rings is 1. The average molecular weight is 414 g/mol. The molecule has 2 aliphatic heterocycles. The molecule has 1 saturated carbocycles. The Kier molecular flexibility index (Phi) is 5.14. The summed E-state index contributed by atoms with van der Waals surface area (Å²) in [7, 11) is 0.